The Hall–Kier alpha value is -1.56. The number of benzene rings is 1. The molecule has 98 valence electrons. The molecule has 0 fully saturated rings. The predicted molar refractivity (Wildman–Crippen MR) is 73.9 cm³/mol. The summed E-state index contributed by atoms with van der Waals surface area (Å²) in [6.07, 6.45) is 0. The molecule has 1 rings (SSSR count). The summed E-state index contributed by atoms with van der Waals surface area (Å²) in [7, 11) is 0. The Morgan fingerprint density at radius 3 is 2.72 bits per heavy atom. The van der Waals surface area contributed by atoms with Crippen LogP contribution in [0, 0.1) is 6.92 Å². The maximum absolute atomic E-state index is 12.3. The topological polar surface area (TPSA) is 78.9 Å². The number of aryl methyl sites for hydroxylation is 1. The molecule has 18 heavy (non-hydrogen) atoms. The van der Waals surface area contributed by atoms with Gasteiger partial charge in [-0.1, -0.05) is 11.2 Å². The molecule has 6 heteroatoms. The molecule has 5 nitrogen and oxygen atoms in total. The van der Waals surface area contributed by atoms with Crippen molar-refractivity contribution in [3.05, 3.63) is 33.8 Å². The second kappa shape index (κ2) is 6.39. The quantitative estimate of drug-likeness (QED) is 0.386. The van der Waals surface area contributed by atoms with Crippen molar-refractivity contribution >= 4 is 27.7 Å². The molecule has 3 N–H and O–H groups in total. The van der Waals surface area contributed by atoms with E-state index in [0.717, 1.165) is 10.0 Å². The SMILES string of the molecule is CCN(C/C(N)=N/O)C(=O)c1ccc(C)cc1Br. The smallest absolute Gasteiger partial charge is 0.255 e. The number of carbonyl (C=O) groups excluding carboxylic acids is 1. The van der Waals surface area contributed by atoms with Crippen LogP contribution in [0.15, 0.2) is 27.8 Å². The zero-order valence-corrected chi connectivity index (χ0v) is 11.9. The van der Waals surface area contributed by atoms with Gasteiger partial charge in [-0.2, -0.15) is 0 Å². The lowest BCUT2D eigenvalue weighted by Crippen LogP contribution is -2.38. The second-order valence-corrected chi connectivity index (χ2v) is 4.75. The molecule has 0 aliphatic heterocycles. The number of likely N-dealkylation sites (N-methyl/N-ethyl adjacent to an activating group) is 1. The lowest BCUT2D eigenvalue weighted by molar-refractivity contribution is 0.0785. The first-order valence-corrected chi connectivity index (χ1v) is 6.30. The third-order valence-corrected chi connectivity index (χ3v) is 3.16. The molecule has 1 aromatic rings. The number of hydrogen-bond acceptors (Lipinski definition) is 3. The monoisotopic (exact) mass is 313 g/mol. The van der Waals surface area contributed by atoms with Crippen LogP contribution in [-0.2, 0) is 0 Å². The van der Waals surface area contributed by atoms with Crippen LogP contribution in [0.25, 0.3) is 0 Å². The Balaban J connectivity index is 2.96. The fourth-order valence-corrected chi connectivity index (χ4v) is 2.18. The van der Waals surface area contributed by atoms with Gasteiger partial charge in [0.1, 0.15) is 0 Å². The Kier molecular flexibility index (Phi) is 5.15. The van der Waals surface area contributed by atoms with Crippen LogP contribution in [0.1, 0.15) is 22.8 Å². The number of oxime groups is 1. The minimum atomic E-state index is -0.157. The van der Waals surface area contributed by atoms with E-state index in [2.05, 4.69) is 21.1 Å². The van der Waals surface area contributed by atoms with Gasteiger partial charge in [-0.25, -0.2) is 0 Å². The molecule has 0 saturated heterocycles. The molecule has 0 aromatic heterocycles. The summed E-state index contributed by atoms with van der Waals surface area (Å²) in [5.74, 6) is -0.149. The van der Waals surface area contributed by atoms with Crippen LogP contribution in [0.3, 0.4) is 0 Å². The summed E-state index contributed by atoms with van der Waals surface area (Å²) in [4.78, 5) is 13.8. The number of rotatable bonds is 4. The lowest BCUT2D eigenvalue weighted by Gasteiger charge is -2.20. The number of hydrogen-bond donors (Lipinski definition) is 2. The highest BCUT2D eigenvalue weighted by Gasteiger charge is 2.17. The average molecular weight is 314 g/mol. The van der Waals surface area contributed by atoms with E-state index in [4.69, 9.17) is 10.9 Å². The van der Waals surface area contributed by atoms with Crippen LogP contribution < -0.4 is 5.73 Å². The van der Waals surface area contributed by atoms with Crippen LogP contribution in [-0.4, -0.2) is 34.9 Å². The molecule has 0 aliphatic carbocycles. The fraction of sp³-hybridized carbons (Fsp3) is 0.333. The minimum Gasteiger partial charge on any atom is -0.409 e. The second-order valence-electron chi connectivity index (χ2n) is 3.89. The molecule has 0 spiro atoms. The van der Waals surface area contributed by atoms with Gasteiger partial charge in [0.05, 0.1) is 12.1 Å². The molecular formula is C12H16BrN3O2. The highest BCUT2D eigenvalue weighted by atomic mass is 79.9. The van der Waals surface area contributed by atoms with E-state index in [1.165, 1.54) is 4.90 Å². The fourth-order valence-electron chi connectivity index (χ4n) is 1.52. The van der Waals surface area contributed by atoms with E-state index in [0.29, 0.717) is 12.1 Å². The Labute approximate surface area is 114 Å². The van der Waals surface area contributed by atoms with E-state index in [1.54, 1.807) is 6.07 Å². The lowest BCUT2D eigenvalue weighted by atomic mass is 10.1. The largest absolute Gasteiger partial charge is 0.409 e. The third kappa shape index (κ3) is 3.46. The zero-order chi connectivity index (χ0) is 13.7. The Bertz CT molecular complexity index is 474. The van der Waals surface area contributed by atoms with Crippen molar-refractivity contribution < 1.29 is 10.0 Å². The van der Waals surface area contributed by atoms with Crippen molar-refractivity contribution in [2.75, 3.05) is 13.1 Å². The zero-order valence-electron chi connectivity index (χ0n) is 10.4. The first kappa shape index (κ1) is 14.5. The van der Waals surface area contributed by atoms with Gasteiger partial charge in [0.2, 0.25) is 0 Å². The van der Waals surface area contributed by atoms with E-state index in [9.17, 15) is 4.79 Å². The molecule has 1 aromatic carbocycles. The molecular weight excluding hydrogens is 298 g/mol. The van der Waals surface area contributed by atoms with Gasteiger partial charge in [0.25, 0.3) is 5.91 Å². The molecule has 0 saturated carbocycles. The van der Waals surface area contributed by atoms with Gasteiger partial charge in [-0.3, -0.25) is 4.79 Å². The molecule has 1 amide bonds. The number of nitrogens with zero attached hydrogens (tertiary/aromatic N) is 2. The van der Waals surface area contributed by atoms with Gasteiger partial charge in [0.15, 0.2) is 5.84 Å². The normalized spacial score (nSPS) is 11.4. The van der Waals surface area contributed by atoms with Crippen molar-refractivity contribution in [3.8, 4) is 0 Å². The first-order valence-electron chi connectivity index (χ1n) is 5.51. The number of amidine groups is 1. The van der Waals surface area contributed by atoms with Crippen LogP contribution in [0.4, 0.5) is 0 Å². The van der Waals surface area contributed by atoms with Crippen molar-refractivity contribution in [2.45, 2.75) is 13.8 Å². The minimum absolute atomic E-state index is 0.00781. The van der Waals surface area contributed by atoms with E-state index in [1.807, 2.05) is 26.0 Å². The number of halogens is 1. The highest BCUT2D eigenvalue weighted by Crippen LogP contribution is 2.20. The van der Waals surface area contributed by atoms with Crippen molar-refractivity contribution in [3.63, 3.8) is 0 Å². The van der Waals surface area contributed by atoms with Gasteiger partial charge < -0.3 is 15.8 Å². The van der Waals surface area contributed by atoms with Gasteiger partial charge in [-0.15, -0.1) is 0 Å². The van der Waals surface area contributed by atoms with Crippen molar-refractivity contribution in [1.82, 2.24) is 4.90 Å². The van der Waals surface area contributed by atoms with Crippen molar-refractivity contribution in [1.29, 1.82) is 0 Å². The molecule has 0 heterocycles. The van der Waals surface area contributed by atoms with Crippen LogP contribution >= 0.6 is 15.9 Å². The van der Waals surface area contributed by atoms with Crippen LogP contribution in [0.5, 0.6) is 0 Å². The molecule has 0 unspecified atom stereocenters. The number of nitrogens with two attached hydrogens (primary N) is 1. The molecule has 0 bridgehead atoms. The standard InChI is InChI=1S/C12H16BrN3O2/c1-3-16(7-11(14)15-18)12(17)9-5-4-8(2)6-10(9)13/h4-6,18H,3,7H2,1-2H3,(H2,14,15). The highest BCUT2D eigenvalue weighted by molar-refractivity contribution is 9.10. The van der Waals surface area contributed by atoms with E-state index < -0.39 is 0 Å². The summed E-state index contributed by atoms with van der Waals surface area (Å²) >= 11 is 3.37. The molecule has 0 atom stereocenters. The van der Waals surface area contributed by atoms with Gasteiger partial charge in [0, 0.05) is 11.0 Å². The maximum atomic E-state index is 12.3. The maximum Gasteiger partial charge on any atom is 0.255 e. The Morgan fingerprint density at radius 2 is 2.22 bits per heavy atom. The summed E-state index contributed by atoms with van der Waals surface area (Å²) in [6, 6.07) is 5.51. The summed E-state index contributed by atoms with van der Waals surface area (Å²) < 4.78 is 0.741. The number of amides is 1. The summed E-state index contributed by atoms with van der Waals surface area (Å²) in [5.41, 5.74) is 7.05. The van der Waals surface area contributed by atoms with Crippen molar-refractivity contribution in [2.24, 2.45) is 10.9 Å². The van der Waals surface area contributed by atoms with E-state index >= 15 is 0 Å². The third-order valence-electron chi connectivity index (χ3n) is 2.51. The van der Waals surface area contributed by atoms with Gasteiger partial charge >= 0.3 is 0 Å². The first-order chi connectivity index (χ1) is 8.49. The summed E-state index contributed by atoms with van der Waals surface area (Å²) in [6.45, 7) is 4.37. The molecule has 0 aliphatic rings. The Morgan fingerprint density at radius 1 is 1.56 bits per heavy atom. The number of carbonyl (C=O) groups is 1. The predicted octanol–water partition coefficient (Wildman–Crippen LogP) is 1.97. The molecule has 0 radical (unpaired) electrons. The van der Waals surface area contributed by atoms with Gasteiger partial charge in [-0.05, 0) is 47.5 Å². The average Bonchev–Trinajstić information content (AvgIpc) is 2.34. The van der Waals surface area contributed by atoms with Crippen LogP contribution in [0.2, 0.25) is 0 Å². The summed E-state index contributed by atoms with van der Waals surface area (Å²) in [5, 5.41) is 11.4. The van der Waals surface area contributed by atoms with E-state index in [-0.39, 0.29) is 18.3 Å².